The zero-order chi connectivity index (χ0) is 14.1. The van der Waals surface area contributed by atoms with Crippen molar-refractivity contribution in [2.75, 3.05) is 31.6 Å². The molecule has 3 rings (SSSR count). The molecule has 0 saturated carbocycles. The Morgan fingerprint density at radius 3 is 2.95 bits per heavy atom. The Hall–Kier alpha value is -0.770. The van der Waals surface area contributed by atoms with E-state index in [2.05, 4.69) is 40.2 Å². The molecule has 0 aromatic heterocycles. The summed E-state index contributed by atoms with van der Waals surface area (Å²) >= 11 is 6.41. The normalized spacial score (nSPS) is 26.9. The summed E-state index contributed by atoms with van der Waals surface area (Å²) in [7, 11) is 1.95. The highest BCUT2D eigenvalue weighted by molar-refractivity contribution is 6.31. The van der Waals surface area contributed by atoms with Gasteiger partial charge in [0.05, 0.1) is 0 Å². The Balaban J connectivity index is 1.79. The van der Waals surface area contributed by atoms with Crippen LogP contribution in [0.3, 0.4) is 0 Å². The van der Waals surface area contributed by atoms with Gasteiger partial charge in [-0.05, 0) is 51.1 Å². The molecule has 3 nitrogen and oxygen atoms in total. The van der Waals surface area contributed by atoms with Crippen LogP contribution in [0.5, 0.6) is 0 Å². The van der Waals surface area contributed by atoms with Crippen LogP contribution in [0.25, 0.3) is 0 Å². The van der Waals surface area contributed by atoms with Crippen LogP contribution in [0, 0.1) is 0 Å². The van der Waals surface area contributed by atoms with Crippen molar-refractivity contribution in [2.24, 2.45) is 0 Å². The minimum atomic E-state index is 0.565. The van der Waals surface area contributed by atoms with Crippen LogP contribution in [0.15, 0.2) is 18.2 Å². The van der Waals surface area contributed by atoms with Gasteiger partial charge in [0, 0.05) is 42.4 Å². The van der Waals surface area contributed by atoms with E-state index in [9.17, 15) is 0 Å². The van der Waals surface area contributed by atoms with Gasteiger partial charge >= 0.3 is 0 Å². The third-order valence-electron chi connectivity index (χ3n) is 4.67. The highest BCUT2D eigenvalue weighted by Crippen LogP contribution is 2.31. The zero-order valence-corrected chi connectivity index (χ0v) is 13.2. The third-order valence-corrected chi connectivity index (χ3v) is 5.02. The zero-order valence-electron chi connectivity index (χ0n) is 12.4. The lowest BCUT2D eigenvalue weighted by atomic mass is 10.1. The van der Waals surface area contributed by atoms with Crippen LogP contribution in [0.4, 0.5) is 5.69 Å². The first kappa shape index (κ1) is 14.2. The fourth-order valence-electron chi connectivity index (χ4n) is 3.60. The molecule has 2 heterocycles. The van der Waals surface area contributed by atoms with E-state index in [0.717, 1.165) is 24.2 Å². The summed E-state index contributed by atoms with van der Waals surface area (Å²) in [6.07, 6.45) is 2.70. The van der Waals surface area contributed by atoms with E-state index in [1.54, 1.807) is 0 Å². The van der Waals surface area contributed by atoms with E-state index in [4.69, 9.17) is 11.6 Å². The number of rotatable bonds is 3. The molecule has 1 N–H and O–H groups in total. The molecule has 2 fully saturated rings. The first-order valence-electron chi connectivity index (χ1n) is 7.62. The van der Waals surface area contributed by atoms with Crippen molar-refractivity contribution in [1.82, 2.24) is 10.2 Å². The van der Waals surface area contributed by atoms with Crippen LogP contribution in [-0.4, -0.2) is 43.7 Å². The number of anilines is 1. The molecule has 0 aliphatic carbocycles. The van der Waals surface area contributed by atoms with Gasteiger partial charge in [0.15, 0.2) is 0 Å². The summed E-state index contributed by atoms with van der Waals surface area (Å²) in [6.45, 7) is 6.75. The van der Waals surface area contributed by atoms with E-state index in [1.807, 2.05) is 7.05 Å². The van der Waals surface area contributed by atoms with E-state index in [1.165, 1.54) is 37.2 Å². The Bertz CT molecular complexity index is 477. The molecule has 2 aliphatic rings. The van der Waals surface area contributed by atoms with Gasteiger partial charge in [0.25, 0.3) is 0 Å². The first-order chi connectivity index (χ1) is 9.69. The summed E-state index contributed by atoms with van der Waals surface area (Å²) in [5.41, 5.74) is 2.44. The maximum atomic E-state index is 6.41. The third kappa shape index (κ3) is 2.67. The first-order valence-corrected chi connectivity index (χ1v) is 8.00. The number of hydrogen-bond donors (Lipinski definition) is 1. The van der Waals surface area contributed by atoms with Crippen molar-refractivity contribution in [3.8, 4) is 0 Å². The van der Waals surface area contributed by atoms with Crippen molar-refractivity contribution < 1.29 is 0 Å². The maximum Gasteiger partial charge on any atom is 0.0471 e. The monoisotopic (exact) mass is 293 g/mol. The molecule has 0 bridgehead atoms. The molecule has 2 saturated heterocycles. The average Bonchev–Trinajstić information content (AvgIpc) is 2.87. The number of fused-ring (bicyclic) bond motifs is 1. The number of benzene rings is 1. The fourth-order valence-corrected chi connectivity index (χ4v) is 3.84. The molecule has 0 radical (unpaired) electrons. The fraction of sp³-hybridized carbons (Fsp3) is 0.625. The van der Waals surface area contributed by atoms with Gasteiger partial charge in [0.1, 0.15) is 0 Å². The van der Waals surface area contributed by atoms with Crippen LogP contribution >= 0.6 is 11.6 Å². The summed E-state index contributed by atoms with van der Waals surface area (Å²) in [4.78, 5) is 5.18. The molecule has 1 aromatic rings. The quantitative estimate of drug-likeness (QED) is 0.924. The second-order valence-corrected chi connectivity index (χ2v) is 6.51. The van der Waals surface area contributed by atoms with Crippen molar-refractivity contribution in [1.29, 1.82) is 0 Å². The summed E-state index contributed by atoms with van der Waals surface area (Å²) in [6, 6.07) is 7.81. The lowest BCUT2D eigenvalue weighted by Crippen LogP contribution is -2.55. The Labute approximate surface area is 126 Å². The highest BCUT2D eigenvalue weighted by atomic mass is 35.5. The molecular formula is C16H24ClN3. The van der Waals surface area contributed by atoms with Gasteiger partial charge < -0.3 is 10.2 Å². The van der Waals surface area contributed by atoms with Crippen LogP contribution in [0.1, 0.15) is 25.3 Å². The van der Waals surface area contributed by atoms with E-state index in [0.29, 0.717) is 6.04 Å². The van der Waals surface area contributed by atoms with Crippen LogP contribution in [0.2, 0.25) is 5.02 Å². The van der Waals surface area contributed by atoms with Crippen molar-refractivity contribution in [2.45, 2.75) is 38.4 Å². The molecule has 2 unspecified atom stereocenters. The number of nitrogens with one attached hydrogen (secondary N) is 1. The van der Waals surface area contributed by atoms with Crippen molar-refractivity contribution in [3.05, 3.63) is 28.8 Å². The second kappa shape index (κ2) is 5.92. The number of hydrogen-bond acceptors (Lipinski definition) is 3. The van der Waals surface area contributed by atoms with E-state index >= 15 is 0 Å². The van der Waals surface area contributed by atoms with Crippen LogP contribution < -0.4 is 10.2 Å². The smallest absolute Gasteiger partial charge is 0.0471 e. The lowest BCUT2D eigenvalue weighted by Gasteiger charge is -2.43. The number of piperazine rings is 1. The van der Waals surface area contributed by atoms with E-state index < -0.39 is 0 Å². The Morgan fingerprint density at radius 1 is 1.35 bits per heavy atom. The molecule has 0 amide bonds. The molecule has 110 valence electrons. The van der Waals surface area contributed by atoms with Gasteiger partial charge in [-0.25, -0.2) is 0 Å². The Morgan fingerprint density at radius 2 is 2.20 bits per heavy atom. The van der Waals surface area contributed by atoms with Gasteiger partial charge in [-0.1, -0.05) is 17.7 Å². The number of halogens is 1. The highest BCUT2D eigenvalue weighted by Gasteiger charge is 2.34. The average molecular weight is 294 g/mol. The maximum absolute atomic E-state index is 6.41. The van der Waals surface area contributed by atoms with Crippen molar-refractivity contribution >= 4 is 17.3 Å². The van der Waals surface area contributed by atoms with Crippen LogP contribution in [-0.2, 0) is 6.54 Å². The predicted octanol–water partition coefficient (Wildman–Crippen LogP) is 2.73. The summed E-state index contributed by atoms with van der Waals surface area (Å²) < 4.78 is 0. The molecule has 1 aromatic carbocycles. The van der Waals surface area contributed by atoms with Gasteiger partial charge in [-0.15, -0.1) is 0 Å². The summed E-state index contributed by atoms with van der Waals surface area (Å²) in [5, 5.41) is 4.03. The lowest BCUT2D eigenvalue weighted by molar-refractivity contribution is 0.203. The van der Waals surface area contributed by atoms with Gasteiger partial charge in [0.2, 0.25) is 0 Å². The molecular weight excluding hydrogens is 270 g/mol. The Kier molecular flexibility index (Phi) is 4.20. The van der Waals surface area contributed by atoms with Gasteiger partial charge in [-0.3, -0.25) is 4.90 Å². The molecule has 4 heteroatoms. The number of nitrogens with zero attached hydrogens (tertiary/aromatic N) is 2. The van der Waals surface area contributed by atoms with Gasteiger partial charge in [-0.2, -0.15) is 0 Å². The van der Waals surface area contributed by atoms with Crippen molar-refractivity contribution in [3.63, 3.8) is 0 Å². The summed E-state index contributed by atoms with van der Waals surface area (Å²) in [5.74, 6) is 0. The molecule has 2 atom stereocenters. The topological polar surface area (TPSA) is 18.5 Å². The predicted molar refractivity (Wildman–Crippen MR) is 85.6 cm³/mol. The van der Waals surface area contributed by atoms with E-state index in [-0.39, 0.29) is 0 Å². The molecule has 0 spiro atoms. The molecule has 2 aliphatic heterocycles. The SMILES string of the molecule is CNCc1ccc(N2CC3CCCN3CC2C)cc1Cl. The molecule has 20 heavy (non-hydrogen) atoms. The standard InChI is InChI=1S/C16H24ClN3/c1-12-10-19-7-3-4-15(19)11-20(12)14-6-5-13(9-18-2)16(17)8-14/h5-6,8,12,15,18H,3-4,7,9-11H2,1-2H3. The minimum Gasteiger partial charge on any atom is -0.366 e. The minimum absolute atomic E-state index is 0.565. The second-order valence-electron chi connectivity index (χ2n) is 6.10. The largest absolute Gasteiger partial charge is 0.366 e.